The van der Waals surface area contributed by atoms with Crippen LogP contribution < -0.4 is 4.90 Å². The van der Waals surface area contributed by atoms with E-state index in [4.69, 9.17) is 0 Å². The molecule has 7 nitrogen and oxygen atoms in total. The van der Waals surface area contributed by atoms with Crippen molar-refractivity contribution in [1.29, 1.82) is 0 Å². The second-order valence-corrected chi connectivity index (χ2v) is 7.71. The second kappa shape index (κ2) is 8.67. The molecule has 1 N–H and O–H groups in total. The average molecular weight is 406 g/mol. The molecule has 1 atom stereocenters. The average Bonchev–Trinajstić information content (AvgIpc) is 3.24. The number of benzene rings is 2. The lowest BCUT2D eigenvalue weighted by Gasteiger charge is -2.36. The molecule has 7 heteroatoms. The maximum absolute atomic E-state index is 12.8. The normalized spacial score (nSPS) is 15.3. The monoisotopic (exact) mass is 405 g/mol. The Kier molecular flexibility index (Phi) is 5.81. The van der Waals surface area contributed by atoms with Crippen molar-refractivity contribution in [2.24, 2.45) is 0 Å². The van der Waals surface area contributed by atoms with Crippen molar-refractivity contribution >= 4 is 11.6 Å². The summed E-state index contributed by atoms with van der Waals surface area (Å²) in [5.74, 6) is 0.0130. The van der Waals surface area contributed by atoms with Gasteiger partial charge in [-0.15, -0.1) is 5.10 Å². The highest BCUT2D eigenvalue weighted by Crippen LogP contribution is 2.24. The first kappa shape index (κ1) is 20.1. The Bertz CT molecular complexity index is 1010. The van der Waals surface area contributed by atoms with Crippen molar-refractivity contribution < 1.29 is 9.90 Å². The van der Waals surface area contributed by atoms with Crippen molar-refractivity contribution in [2.45, 2.75) is 26.5 Å². The summed E-state index contributed by atoms with van der Waals surface area (Å²) < 4.78 is 1.53. The van der Waals surface area contributed by atoms with Gasteiger partial charge >= 0.3 is 0 Å². The minimum Gasteiger partial charge on any atom is -0.386 e. The number of hydrogen-bond donors (Lipinski definition) is 1. The number of carbonyl (C=O) groups excluding carboxylic acids is 1. The van der Waals surface area contributed by atoms with Crippen LogP contribution in [0.15, 0.2) is 54.9 Å². The van der Waals surface area contributed by atoms with E-state index >= 15 is 0 Å². The molecule has 1 aromatic heterocycles. The molecule has 30 heavy (non-hydrogen) atoms. The molecule has 1 amide bonds. The smallest absolute Gasteiger partial charge is 0.293 e. The van der Waals surface area contributed by atoms with Gasteiger partial charge in [-0.3, -0.25) is 4.79 Å². The Labute approximate surface area is 176 Å². The third kappa shape index (κ3) is 4.21. The molecule has 0 radical (unpaired) electrons. The summed E-state index contributed by atoms with van der Waals surface area (Å²) in [5.41, 5.74) is 4.61. The number of rotatable bonds is 5. The molecule has 1 fully saturated rings. The Morgan fingerprint density at radius 1 is 1.03 bits per heavy atom. The minimum atomic E-state index is -0.697. The number of aryl methyl sites for hydroxylation is 1. The van der Waals surface area contributed by atoms with Gasteiger partial charge in [0.15, 0.2) is 0 Å². The molecule has 0 aliphatic carbocycles. The quantitative estimate of drug-likeness (QED) is 0.706. The SMILES string of the molecule is Cc1cccc(N2CCN(C(=O)c3ncn(CC(O)c4ccccc4)n3)CC2)c1C. The topological polar surface area (TPSA) is 74.5 Å². The molecule has 1 aliphatic heterocycles. The molecule has 2 heterocycles. The number of piperazine rings is 1. The van der Waals surface area contributed by atoms with Crippen molar-refractivity contribution in [3.8, 4) is 0 Å². The van der Waals surface area contributed by atoms with E-state index in [-0.39, 0.29) is 18.3 Å². The largest absolute Gasteiger partial charge is 0.386 e. The molecule has 0 saturated carbocycles. The van der Waals surface area contributed by atoms with Gasteiger partial charge in [0.1, 0.15) is 6.33 Å². The van der Waals surface area contributed by atoms with Crippen LogP contribution in [0, 0.1) is 13.8 Å². The number of carbonyl (C=O) groups is 1. The van der Waals surface area contributed by atoms with Crippen LogP contribution in [0.1, 0.15) is 33.4 Å². The number of aliphatic hydroxyl groups is 1. The fourth-order valence-electron chi connectivity index (χ4n) is 3.81. The summed E-state index contributed by atoms with van der Waals surface area (Å²) in [4.78, 5) is 21.1. The molecular weight excluding hydrogens is 378 g/mol. The number of aliphatic hydroxyl groups excluding tert-OH is 1. The summed E-state index contributed by atoms with van der Waals surface area (Å²) in [7, 11) is 0. The second-order valence-electron chi connectivity index (χ2n) is 7.71. The highest BCUT2D eigenvalue weighted by Gasteiger charge is 2.25. The minimum absolute atomic E-state index is 0.163. The Morgan fingerprint density at radius 3 is 2.50 bits per heavy atom. The van der Waals surface area contributed by atoms with Crippen LogP contribution in [0.4, 0.5) is 5.69 Å². The molecule has 156 valence electrons. The molecule has 4 rings (SSSR count). The third-order valence-electron chi connectivity index (χ3n) is 5.76. The van der Waals surface area contributed by atoms with E-state index in [2.05, 4.69) is 47.0 Å². The van der Waals surface area contributed by atoms with Gasteiger partial charge in [0.25, 0.3) is 5.91 Å². The Morgan fingerprint density at radius 2 is 1.77 bits per heavy atom. The van der Waals surface area contributed by atoms with Crippen LogP contribution in [0.25, 0.3) is 0 Å². The maximum atomic E-state index is 12.8. The van der Waals surface area contributed by atoms with Gasteiger partial charge in [-0.05, 0) is 36.6 Å². The van der Waals surface area contributed by atoms with Gasteiger partial charge in [0.2, 0.25) is 5.82 Å². The van der Waals surface area contributed by atoms with Gasteiger partial charge in [-0.1, -0.05) is 42.5 Å². The lowest BCUT2D eigenvalue weighted by atomic mass is 10.1. The van der Waals surface area contributed by atoms with Gasteiger partial charge in [0, 0.05) is 31.9 Å². The molecule has 1 unspecified atom stereocenters. The standard InChI is InChI=1S/C23H27N5O2/c1-17-7-6-10-20(18(17)2)26-11-13-27(14-12-26)23(30)22-24-16-28(25-22)15-21(29)19-8-4-3-5-9-19/h3-10,16,21,29H,11-15H2,1-2H3. The van der Waals surface area contributed by atoms with E-state index in [9.17, 15) is 9.90 Å². The zero-order valence-electron chi connectivity index (χ0n) is 17.4. The van der Waals surface area contributed by atoms with E-state index in [1.165, 1.54) is 27.8 Å². The summed E-state index contributed by atoms with van der Waals surface area (Å²) in [5, 5.41) is 14.7. The molecule has 1 saturated heterocycles. The highest BCUT2D eigenvalue weighted by atomic mass is 16.3. The van der Waals surface area contributed by atoms with Crippen molar-refractivity contribution in [3.05, 3.63) is 77.4 Å². The van der Waals surface area contributed by atoms with Crippen molar-refractivity contribution in [2.75, 3.05) is 31.1 Å². The first-order valence-corrected chi connectivity index (χ1v) is 10.3. The zero-order chi connectivity index (χ0) is 21.1. The van der Waals surface area contributed by atoms with Gasteiger partial charge < -0.3 is 14.9 Å². The first-order valence-electron chi connectivity index (χ1n) is 10.3. The summed E-state index contributed by atoms with van der Waals surface area (Å²) in [6.45, 7) is 7.34. The predicted molar refractivity (Wildman–Crippen MR) is 115 cm³/mol. The number of anilines is 1. The fraction of sp³-hybridized carbons (Fsp3) is 0.348. The molecule has 3 aromatic rings. The molecule has 0 bridgehead atoms. The van der Waals surface area contributed by atoms with Gasteiger partial charge in [-0.25, -0.2) is 9.67 Å². The van der Waals surface area contributed by atoms with Gasteiger partial charge in [-0.2, -0.15) is 0 Å². The van der Waals surface area contributed by atoms with Gasteiger partial charge in [0.05, 0.1) is 12.6 Å². The lowest BCUT2D eigenvalue weighted by molar-refractivity contribution is 0.0733. The van der Waals surface area contributed by atoms with Crippen LogP contribution in [0.5, 0.6) is 0 Å². The van der Waals surface area contributed by atoms with E-state index in [1.807, 2.05) is 30.3 Å². The van der Waals surface area contributed by atoms with E-state index in [1.54, 1.807) is 4.90 Å². The van der Waals surface area contributed by atoms with Crippen LogP contribution in [-0.2, 0) is 6.54 Å². The van der Waals surface area contributed by atoms with Crippen molar-refractivity contribution in [3.63, 3.8) is 0 Å². The van der Waals surface area contributed by atoms with Crippen LogP contribution in [-0.4, -0.2) is 56.9 Å². The molecule has 0 spiro atoms. The number of aromatic nitrogens is 3. The highest BCUT2D eigenvalue weighted by molar-refractivity contribution is 5.90. The van der Waals surface area contributed by atoms with E-state index in [0.29, 0.717) is 13.1 Å². The molecule has 1 aliphatic rings. The summed E-state index contributed by atoms with van der Waals surface area (Å²) >= 11 is 0. The van der Waals surface area contributed by atoms with Crippen LogP contribution >= 0.6 is 0 Å². The predicted octanol–water partition coefficient (Wildman–Crippen LogP) is 2.59. The molecule has 2 aromatic carbocycles. The number of hydrogen-bond acceptors (Lipinski definition) is 5. The van der Waals surface area contributed by atoms with Crippen LogP contribution in [0.2, 0.25) is 0 Å². The Balaban J connectivity index is 1.36. The third-order valence-corrected chi connectivity index (χ3v) is 5.76. The summed E-state index contributed by atoms with van der Waals surface area (Å²) in [6.07, 6.45) is 0.808. The molecular formula is C23H27N5O2. The maximum Gasteiger partial charge on any atom is 0.293 e. The fourth-order valence-corrected chi connectivity index (χ4v) is 3.81. The lowest BCUT2D eigenvalue weighted by Crippen LogP contribution is -2.49. The van der Waals surface area contributed by atoms with Crippen molar-refractivity contribution in [1.82, 2.24) is 19.7 Å². The van der Waals surface area contributed by atoms with E-state index in [0.717, 1.165) is 18.7 Å². The first-order chi connectivity index (χ1) is 14.5. The summed E-state index contributed by atoms with van der Waals surface area (Å²) in [6, 6.07) is 15.7. The Hall–Kier alpha value is -3.19. The zero-order valence-corrected chi connectivity index (χ0v) is 17.4. The van der Waals surface area contributed by atoms with Crippen LogP contribution in [0.3, 0.4) is 0 Å². The van der Waals surface area contributed by atoms with E-state index < -0.39 is 6.10 Å². The number of amides is 1. The number of nitrogens with zero attached hydrogens (tertiary/aromatic N) is 5.